The molecule has 0 aliphatic rings. The maximum Gasteiger partial charge on any atom is 0.120 e. The molecule has 6 aromatic rings. The Morgan fingerprint density at radius 1 is 0.596 bits per heavy atom. The normalized spacial score (nSPS) is 11.9. The molecule has 4 aromatic carbocycles. The summed E-state index contributed by atoms with van der Waals surface area (Å²) in [5.41, 5.74) is 14.9. The van der Waals surface area contributed by atoms with E-state index in [1.807, 2.05) is 12.1 Å². The molecule has 0 saturated carbocycles. The summed E-state index contributed by atoms with van der Waals surface area (Å²) in [6.07, 6.45) is 14.8. The van der Waals surface area contributed by atoms with Crippen LogP contribution in [0.4, 0.5) is 17.1 Å². The highest BCUT2D eigenvalue weighted by Gasteiger charge is 2.25. The molecule has 6 nitrogen and oxygen atoms in total. The quantitative estimate of drug-likeness (QED) is 0.0660. The molecule has 0 unspecified atom stereocenters. The number of unbranched alkanes of at least 4 members (excludes halogenated alkanes) is 10. The van der Waals surface area contributed by atoms with Gasteiger partial charge in [-0.2, -0.15) is 10.4 Å². The second kappa shape index (κ2) is 15.3. The Kier molecular flexibility index (Phi) is 10.5. The van der Waals surface area contributed by atoms with Gasteiger partial charge in [0.25, 0.3) is 0 Å². The molecule has 6 heteroatoms. The van der Waals surface area contributed by atoms with E-state index in [-0.39, 0.29) is 0 Å². The molecule has 242 valence electrons. The largest absolute Gasteiger partial charge is 0.396 e. The van der Waals surface area contributed by atoms with Crippen LogP contribution in [0.15, 0.2) is 83.0 Å². The number of anilines is 1. The zero-order chi connectivity index (χ0) is 32.6. The molecular weight excluding hydrogens is 576 g/mol. The summed E-state index contributed by atoms with van der Waals surface area (Å²) in [5.74, 6) is 0. The summed E-state index contributed by atoms with van der Waals surface area (Å²) in [6, 6.07) is 26.9. The highest BCUT2D eigenvalue weighted by atomic mass is 15.1. The Bertz CT molecular complexity index is 2030. The molecule has 2 N–H and O–H groups in total. The van der Waals surface area contributed by atoms with Crippen LogP contribution in [0.1, 0.15) is 96.5 Å². The van der Waals surface area contributed by atoms with E-state index in [2.05, 4.69) is 77.6 Å². The van der Waals surface area contributed by atoms with Crippen LogP contribution in [-0.2, 0) is 13.1 Å². The van der Waals surface area contributed by atoms with Crippen LogP contribution in [-0.4, -0.2) is 9.13 Å². The molecule has 2 heterocycles. The summed E-state index contributed by atoms with van der Waals surface area (Å²) >= 11 is 0. The van der Waals surface area contributed by atoms with Gasteiger partial charge < -0.3 is 14.9 Å². The smallest absolute Gasteiger partial charge is 0.120 e. The predicted molar refractivity (Wildman–Crippen MR) is 199 cm³/mol. The molecule has 0 fully saturated rings. The fourth-order valence-electron chi connectivity index (χ4n) is 7.25. The van der Waals surface area contributed by atoms with Gasteiger partial charge in [-0.25, -0.2) is 0 Å². The number of aryl methyl sites for hydroxylation is 2. The number of fused-ring (bicyclic) bond motifs is 6. The number of azo groups is 1. The Morgan fingerprint density at radius 2 is 1.11 bits per heavy atom. The fourth-order valence-corrected chi connectivity index (χ4v) is 7.25. The number of aromatic nitrogens is 2. The zero-order valence-electron chi connectivity index (χ0n) is 28.1. The third-order valence-electron chi connectivity index (χ3n) is 9.66. The predicted octanol–water partition coefficient (Wildman–Crippen LogP) is 12.5. The topological polar surface area (TPSA) is 84.4 Å². The number of nitriles is 1. The molecule has 0 saturated heterocycles. The van der Waals surface area contributed by atoms with E-state index >= 15 is 0 Å². The summed E-state index contributed by atoms with van der Waals surface area (Å²) in [7, 11) is 0. The number of nitrogen functional groups attached to an aromatic ring is 1. The van der Waals surface area contributed by atoms with Crippen molar-refractivity contribution in [1.82, 2.24) is 9.13 Å². The van der Waals surface area contributed by atoms with Gasteiger partial charge in [0.2, 0.25) is 0 Å². The average Bonchev–Trinajstić information content (AvgIpc) is 3.62. The molecule has 0 spiro atoms. The monoisotopic (exact) mass is 624 g/mol. The number of hydrogen-bond donors (Lipinski definition) is 1. The van der Waals surface area contributed by atoms with E-state index in [1.54, 1.807) is 12.1 Å². The van der Waals surface area contributed by atoms with Crippen molar-refractivity contribution in [2.45, 2.75) is 104 Å². The van der Waals surface area contributed by atoms with Gasteiger partial charge in [0.05, 0.1) is 34.0 Å². The second-order valence-electron chi connectivity index (χ2n) is 12.9. The van der Waals surface area contributed by atoms with Crippen LogP contribution in [0.2, 0.25) is 0 Å². The molecule has 2 aromatic heterocycles. The number of nitrogens with two attached hydrogens (primary N) is 1. The first-order chi connectivity index (χ1) is 23.2. The van der Waals surface area contributed by atoms with Gasteiger partial charge in [0, 0.05) is 45.7 Å². The number of benzene rings is 4. The van der Waals surface area contributed by atoms with Gasteiger partial charge in [0.15, 0.2) is 0 Å². The number of hydrogen-bond acceptors (Lipinski definition) is 4. The zero-order valence-corrected chi connectivity index (χ0v) is 28.1. The van der Waals surface area contributed by atoms with E-state index in [1.165, 1.54) is 80.6 Å². The molecule has 0 atom stereocenters. The minimum atomic E-state index is 0.609. The van der Waals surface area contributed by atoms with Crippen molar-refractivity contribution >= 4 is 60.7 Å². The van der Waals surface area contributed by atoms with Gasteiger partial charge in [-0.05, 0) is 49.2 Å². The van der Waals surface area contributed by atoms with Crippen LogP contribution in [0, 0.1) is 11.3 Å². The molecule has 0 radical (unpaired) electrons. The highest BCUT2D eigenvalue weighted by Crippen LogP contribution is 2.49. The number of para-hydroxylation sites is 2. The van der Waals surface area contributed by atoms with Crippen LogP contribution in [0.5, 0.6) is 0 Å². The van der Waals surface area contributed by atoms with Crippen molar-refractivity contribution < 1.29 is 0 Å². The maximum atomic E-state index is 9.33. The van der Waals surface area contributed by atoms with E-state index in [4.69, 9.17) is 16.0 Å². The molecule has 0 aliphatic heterocycles. The average molecular weight is 625 g/mol. The van der Waals surface area contributed by atoms with Crippen molar-refractivity contribution in [3.8, 4) is 6.07 Å². The van der Waals surface area contributed by atoms with Crippen molar-refractivity contribution in [3.05, 3.63) is 78.4 Å². The van der Waals surface area contributed by atoms with Crippen LogP contribution in [0.3, 0.4) is 0 Å². The summed E-state index contributed by atoms with van der Waals surface area (Å²) in [5, 5.41) is 23.7. The SMILES string of the molecule is CCCCCCCCn1c2ccccc2c2c(N=Nc3ccc(C#N)cc3)c3c(c(N)c21)c1ccccc1n3CCCCCCCC. The summed E-state index contributed by atoms with van der Waals surface area (Å²) in [4.78, 5) is 0. The van der Waals surface area contributed by atoms with Gasteiger partial charge in [0.1, 0.15) is 5.69 Å². The molecular formula is C41H48N6. The van der Waals surface area contributed by atoms with Crippen LogP contribution in [0.25, 0.3) is 43.6 Å². The van der Waals surface area contributed by atoms with Gasteiger partial charge >= 0.3 is 0 Å². The molecule has 0 bridgehead atoms. The molecule has 0 aliphatic carbocycles. The lowest BCUT2D eigenvalue weighted by atomic mass is 10.0. The van der Waals surface area contributed by atoms with Gasteiger partial charge in [-0.3, -0.25) is 0 Å². The Hall–Kier alpha value is -4.63. The van der Waals surface area contributed by atoms with Crippen LogP contribution >= 0.6 is 0 Å². The first-order valence-electron chi connectivity index (χ1n) is 17.8. The molecule has 47 heavy (non-hydrogen) atoms. The van der Waals surface area contributed by atoms with E-state index in [9.17, 15) is 5.26 Å². The Morgan fingerprint density at radius 3 is 1.68 bits per heavy atom. The molecule has 6 rings (SSSR count). The van der Waals surface area contributed by atoms with Gasteiger partial charge in [-0.15, -0.1) is 5.11 Å². The number of rotatable bonds is 16. The van der Waals surface area contributed by atoms with Crippen molar-refractivity contribution in [1.29, 1.82) is 5.26 Å². The minimum absolute atomic E-state index is 0.609. The molecule has 0 amide bonds. The Labute approximate surface area is 278 Å². The lowest BCUT2D eigenvalue weighted by Crippen LogP contribution is -2.02. The second-order valence-corrected chi connectivity index (χ2v) is 12.9. The van der Waals surface area contributed by atoms with Crippen LogP contribution < -0.4 is 5.73 Å². The first kappa shape index (κ1) is 32.3. The lowest BCUT2D eigenvalue weighted by molar-refractivity contribution is 0.571. The van der Waals surface area contributed by atoms with E-state index in [0.717, 1.165) is 70.2 Å². The Balaban J connectivity index is 1.57. The van der Waals surface area contributed by atoms with E-state index < -0.39 is 0 Å². The lowest BCUT2D eigenvalue weighted by Gasteiger charge is -2.13. The van der Waals surface area contributed by atoms with E-state index in [0.29, 0.717) is 5.56 Å². The summed E-state index contributed by atoms with van der Waals surface area (Å²) < 4.78 is 4.90. The third-order valence-corrected chi connectivity index (χ3v) is 9.66. The van der Waals surface area contributed by atoms with Crippen molar-refractivity contribution in [3.63, 3.8) is 0 Å². The maximum absolute atomic E-state index is 9.33. The summed E-state index contributed by atoms with van der Waals surface area (Å²) in [6.45, 7) is 6.34. The highest BCUT2D eigenvalue weighted by molar-refractivity contribution is 6.30. The van der Waals surface area contributed by atoms with Gasteiger partial charge in [-0.1, -0.05) is 114 Å². The minimum Gasteiger partial charge on any atom is -0.396 e. The first-order valence-corrected chi connectivity index (χ1v) is 17.8. The third kappa shape index (κ3) is 6.63. The van der Waals surface area contributed by atoms with Crippen molar-refractivity contribution in [2.24, 2.45) is 10.2 Å². The fraction of sp³-hybridized carbons (Fsp3) is 0.390. The van der Waals surface area contributed by atoms with Crippen molar-refractivity contribution in [2.75, 3.05) is 5.73 Å². The standard InChI is InChI=1S/C41H48N6/c1-3-5-7-9-11-17-27-46-35-22-16-14-20-33(35)37-39(45-44-31-25-23-30(29-42)24-26-31)41-36(38(43)40(37)46)32-19-13-15-21-34(32)47(41)28-18-12-10-8-6-4-2/h13-16,19-26H,3-12,17-18,27-28,43H2,1-2H3. The number of nitrogens with zero attached hydrogens (tertiary/aromatic N) is 5.